The first-order chi connectivity index (χ1) is 11.1. The van der Waals surface area contributed by atoms with Crippen molar-refractivity contribution in [2.75, 3.05) is 18.5 Å². The van der Waals surface area contributed by atoms with E-state index in [9.17, 15) is 4.79 Å². The van der Waals surface area contributed by atoms with Crippen LogP contribution in [0, 0.1) is 6.92 Å². The lowest BCUT2D eigenvalue weighted by Gasteiger charge is -2.10. The largest absolute Gasteiger partial charge is 0.494 e. The molecule has 4 nitrogen and oxygen atoms in total. The molecule has 23 heavy (non-hydrogen) atoms. The van der Waals surface area contributed by atoms with Gasteiger partial charge in [-0.3, -0.25) is 0 Å². The Hall–Kier alpha value is -1.91. The van der Waals surface area contributed by atoms with Gasteiger partial charge in [0.1, 0.15) is 5.75 Å². The minimum Gasteiger partial charge on any atom is -0.494 e. The lowest BCUT2D eigenvalue weighted by atomic mass is 10.2. The topological polar surface area (TPSA) is 50.4 Å². The van der Waals surface area contributed by atoms with Crippen LogP contribution >= 0.6 is 23.2 Å². The minimum atomic E-state index is -0.329. The predicted molar refractivity (Wildman–Crippen MR) is 94.8 cm³/mol. The van der Waals surface area contributed by atoms with E-state index >= 15 is 0 Å². The Bertz CT molecular complexity index is 660. The van der Waals surface area contributed by atoms with Gasteiger partial charge in [-0.25, -0.2) is 4.79 Å². The van der Waals surface area contributed by atoms with Crippen LogP contribution in [0.4, 0.5) is 10.5 Å². The molecule has 0 saturated heterocycles. The number of halogens is 2. The van der Waals surface area contributed by atoms with Crippen LogP contribution in [0.3, 0.4) is 0 Å². The van der Waals surface area contributed by atoms with Crippen LogP contribution in [-0.4, -0.2) is 19.2 Å². The zero-order valence-electron chi connectivity index (χ0n) is 12.7. The lowest BCUT2D eigenvalue weighted by molar-refractivity contribution is 0.250. The van der Waals surface area contributed by atoms with Gasteiger partial charge in [-0.15, -0.1) is 0 Å². The second-order valence-electron chi connectivity index (χ2n) is 5.00. The number of carbonyl (C=O) groups is 1. The molecule has 0 radical (unpaired) electrons. The first kappa shape index (κ1) is 17.4. The van der Waals surface area contributed by atoms with Crippen molar-refractivity contribution >= 4 is 34.9 Å². The molecule has 0 aromatic heterocycles. The maximum absolute atomic E-state index is 11.8. The Kier molecular flexibility index (Phi) is 6.56. The third-order valence-corrected chi connectivity index (χ3v) is 3.92. The van der Waals surface area contributed by atoms with E-state index in [4.69, 9.17) is 27.9 Å². The van der Waals surface area contributed by atoms with Crippen LogP contribution in [0.5, 0.6) is 5.75 Å². The Morgan fingerprint density at radius 3 is 2.61 bits per heavy atom. The van der Waals surface area contributed by atoms with Crippen LogP contribution in [0.15, 0.2) is 42.5 Å². The van der Waals surface area contributed by atoms with Gasteiger partial charge in [0.05, 0.1) is 22.3 Å². The normalized spacial score (nSPS) is 10.2. The second kappa shape index (κ2) is 8.65. The number of rotatable bonds is 6. The maximum atomic E-state index is 11.8. The minimum absolute atomic E-state index is 0.326. The number of amides is 2. The van der Waals surface area contributed by atoms with E-state index in [1.165, 1.54) is 5.56 Å². The summed E-state index contributed by atoms with van der Waals surface area (Å²) in [6, 6.07) is 12.6. The average Bonchev–Trinajstić information content (AvgIpc) is 2.53. The van der Waals surface area contributed by atoms with E-state index in [-0.39, 0.29) is 6.03 Å². The maximum Gasteiger partial charge on any atom is 0.319 e. The summed E-state index contributed by atoms with van der Waals surface area (Å²) in [6.45, 7) is 3.05. The molecule has 0 heterocycles. The molecule has 0 saturated carbocycles. The van der Waals surface area contributed by atoms with E-state index in [0.717, 1.165) is 5.75 Å². The third kappa shape index (κ3) is 5.66. The summed E-state index contributed by atoms with van der Waals surface area (Å²) >= 11 is 11.9. The van der Waals surface area contributed by atoms with E-state index in [1.54, 1.807) is 18.2 Å². The molecule has 0 unspecified atom stereocenters. The highest BCUT2D eigenvalue weighted by Gasteiger charge is 2.07. The Morgan fingerprint density at radius 1 is 1.13 bits per heavy atom. The van der Waals surface area contributed by atoms with Crippen LogP contribution < -0.4 is 15.4 Å². The number of hydrogen-bond donors (Lipinski definition) is 2. The highest BCUT2D eigenvalue weighted by Crippen LogP contribution is 2.29. The van der Waals surface area contributed by atoms with E-state index < -0.39 is 0 Å². The zero-order chi connectivity index (χ0) is 16.7. The van der Waals surface area contributed by atoms with Gasteiger partial charge in [0.15, 0.2) is 0 Å². The van der Waals surface area contributed by atoms with Gasteiger partial charge in [0, 0.05) is 6.54 Å². The molecular formula is C17H18Cl2N2O2. The van der Waals surface area contributed by atoms with Crippen molar-refractivity contribution in [3.63, 3.8) is 0 Å². The summed E-state index contributed by atoms with van der Waals surface area (Å²) in [6.07, 6.45) is 0.699. The van der Waals surface area contributed by atoms with Crippen molar-refractivity contribution < 1.29 is 9.53 Å². The first-order valence-corrected chi connectivity index (χ1v) is 8.00. The molecule has 0 bridgehead atoms. The lowest BCUT2D eigenvalue weighted by Crippen LogP contribution is -2.30. The van der Waals surface area contributed by atoms with Crippen molar-refractivity contribution in [2.45, 2.75) is 13.3 Å². The summed E-state index contributed by atoms with van der Waals surface area (Å²) in [4.78, 5) is 11.8. The molecule has 0 aliphatic rings. The highest BCUT2D eigenvalue weighted by atomic mass is 35.5. The molecule has 122 valence electrons. The van der Waals surface area contributed by atoms with Crippen molar-refractivity contribution in [2.24, 2.45) is 0 Å². The number of benzene rings is 2. The molecule has 2 aromatic rings. The summed E-state index contributed by atoms with van der Waals surface area (Å²) in [5.74, 6) is 0.825. The molecule has 2 rings (SSSR count). The van der Waals surface area contributed by atoms with Crippen molar-refractivity contribution in [1.82, 2.24) is 5.32 Å². The van der Waals surface area contributed by atoms with Gasteiger partial charge in [-0.1, -0.05) is 47.0 Å². The predicted octanol–water partition coefficient (Wildman–Crippen LogP) is 4.89. The van der Waals surface area contributed by atoms with Crippen molar-refractivity contribution in [3.05, 3.63) is 58.1 Å². The van der Waals surface area contributed by atoms with Gasteiger partial charge in [-0.05, 0) is 37.6 Å². The Balaban J connectivity index is 1.67. The smallest absolute Gasteiger partial charge is 0.319 e. The highest BCUT2D eigenvalue weighted by molar-refractivity contribution is 6.43. The fourth-order valence-corrected chi connectivity index (χ4v) is 2.21. The summed E-state index contributed by atoms with van der Waals surface area (Å²) in [5.41, 5.74) is 1.67. The molecule has 2 N–H and O–H groups in total. The van der Waals surface area contributed by atoms with Gasteiger partial charge in [0.2, 0.25) is 0 Å². The third-order valence-electron chi connectivity index (χ3n) is 3.10. The summed E-state index contributed by atoms with van der Waals surface area (Å²) < 4.78 is 5.59. The SMILES string of the molecule is Cc1ccc(OCCCNC(=O)Nc2cccc(Cl)c2Cl)cc1. The van der Waals surface area contributed by atoms with E-state index in [1.807, 2.05) is 31.2 Å². The molecular weight excluding hydrogens is 335 g/mol. The number of ether oxygens (including phenoxy) is 1. The van der Waals surface area contributed by atoms with E-state index in [0.29, 0.717) is 35.3 Å². The van der Waals surface area contributed by atoms with Crippen LogP contribution in [0.25, 0.3) is 0 Å². The van der Waals surface area contributed by atoms with Gasteiger partial charge >= 0.3 is 6.03 Å². The number of urea groups is 1. The fourth-order valence-electron chi connectivity index (χ4n) is 1.87. The number of aryl methyl sites for hydroxylation is 1. The monoisotopic (exact) mass is 352 g/mol. The van der Waals surface area contributed by atoms with Gasteiger partial charge in [0.25, 0.3) is 0 Å². The van der Waals surface area contributed by atoms with Crippen molar-refractivity contribution in [3.8, 4) is 5.75 Å². The molecule has 2 amide bonds. The number of hydrogen-bond acceptors (Lipinski definition) is 2. The molecule has 0 fully saturated rings. The fraction of sp³-hybridized carbons (Fsp3) is 0.235. The molecule has 0 spiro atoms. The Morgan fingerprint density at radius 2 is 1.87 bits per heavy atom. The van der Waals surface area contributed by atoms with E-state index in [2.05, 4.69) is 10.6 Å². The average molecular weight is 353 g/mol. The van der Waals surface area contributed by atoms with Gasteiger partial charge < -0.3 is 15.4 Å². The molecule has 0 aliphatic carbocycles. The number of anilines is 1. The number of nitrogens with one attached hydrogen (secondary N) is 2. The van der Waals surface area contributed by atoms with Crippen LogP contribution in [-0.2, 0) is 0 Å². The molecule has 2 aromatic carbocycles. The quantitative estimate of drug-likeness (QED) is 0.727. The second-order valence-corrected chi connectivity index (χ2v) is 5.78. The Labute approximate surface area is 145 Å². The zero-order valence-corrected chi connectivity index (χ0v) is 14.2. The molecule has 0 aliphatic heterocycles. The number of carbonyl (C=O) groups excluding carboxylic acids is 1. The van der Waals surface area contributed by atoms with Crippen LogP contribution in [0.1, 0.15) is 12.0 Å². The first-order valence-electron chi connectivity index (χ1n) is 7.24. The standard InChI is InChI=1S/C17H18Cl2N2O2/c1-12-6-8-13(9-7-12)23-11-3-10-20-17(22)21-15-5-2-4-14(18)16(15)19/h2,4-9H,3,10-11H2,1H3,(H2,20,21,22). The van der Waals surface area contributed by atoms with Crippen LogP contribution in [0.2, 0.25) is 10.0 Å². The van der Waals surface area contributed by atoms with Gasteiger partial charge in [-0.2, -0.15) is 0 Å². The molecule has 0 atom stereocenters. The van der Waals surface area contributed by atoms with Crippen molar-refractivity contribution in [1.29, 1.82) is 0 Å². The summed E-state index contributed by atoms with van der Waals surface area (Å²) in [5, 5.41) is 6.13. The summed E-state index contributed by atoms with van der Waals surface area (Å²) in [7, 11) is 0. The molecule has 6 heteroatoms.